The van der Waals surface area contributed by atoms with Crippen LogP contribution in [0.4, 0.5) is 16.2 Å². The summed E-state index contributed by atoms with van der Waals surface area (Å²) in [5.74, 6) is -0.792. The van der Waals surface area contributed by atoms with E-state index in [-0.39, 0.29) is 12.3 Å². The second-order valence-electron chi connectivity index (χ2n) is 6.20. The molecule has 1 aromatic rings. The van der Waals surface area contributed by atoms with Gasteiger partial charge in [-0.1, -0.05) is 0 Å². The van der Waals surface area contributed by atoms with Crippen LogP contribution in [0.1, 0.15) is 33.1 Å². The number of hydrogen-bond donors (Lipinski definition) is 3. The van der Waals surface area contributed by atoms with Crippen LogP contribution in [-0.2, 0) is 9.59 Å². The summed E-state index contributed by atoms with van der Waals surface area (Å²) in [4.78, 5) is 35.6. The number of anilines is 2. The number of β-lactam (4-membered cyclic amide) rings is 1. The van der Waals surface area contributed by atoms with Gasteiger partial charge in [0.05, 0.1) is 0 Å². The van der Waals surface area contributed by atoms with Gasteiger partial charge in [-0.05, 0) is 44.5 Å². The highest BCUT2D eigenvalue weighted by Gasteiger charge is 2.25. The van der Waals surface area contributed by atoms with Crippen LogP contribution in [0.15, 0.2) is 24.3 Å². The van der Waals surface area contributed by atoms with Crippen molar-refractivity contribution in [3.05, 3.63) is 24.3 Å². The number of carbonyl (C=O) groups excluding carboxylic acids is 2. The molecule has 0 unspecified atom stereocenters. The third-order valence-electron chi connectivity index (χ3n) is 3.70. The van der Waals surface area contributed by atoms with Crippen LogP contribution in [0.3, 0.4) is 0 Å². The molecule has 0 spiro atoms. The normalized spacial score (nSPS) is 14.2. The van der Waals surface area contributed by atoms with Gasteiger partial charge in [0.15, 0.2) is 0 Å². The predicted octanol–water partition coefficient (Wildman–Crippen LogP) is 2.19. The summed E-state index contributed by atoms with van der Waals surface area (Å²) in [7, 11) is 0. The molecular weight excluding hydrogens is 298 g/mol. The zero-order valence-corrected chi connectivity index (χ0v) is 13.3. The largest absolute Gasteiger partial charge is 0.481 e. The lowest BCUT2D eigenvalue weighted by Gasteiger charge is -2.30. The summed E-state index contributed by atoms with van der Waals surface area (Å²) in [5, 5.41) is 14.2. The number of amides is 3. The summed E-state index contributed by atoms with van der Waals surface area (Å²) in [6.07, 6.45) is 0.908. The molecule has 3 amide bonds. The third kappa shape index (κ3) is 4.70. The highest BCUT2D eigenvalue weighted by molar-refractivity contribution is 5.99. The second-order valence-corrected chi connectivity index (χ2v) is 6.20. The first-order chi connectivity index (χ1) is 10.8. The number of rotatable bonds is 6. The first-order valence-electron chi connectivity index (χ1n) is 7.48. The number of nitrogens with zero attached hydrogens (tertiary/aromatic N) is 1. The van der Waals surface area contributed by atoms with Crippen molar-refractivity contribution in [2.24, 2.45) is 0 Å². The molecule has 1 heterocycles. The summed E-state index contributed by atoms with van der Waals surface area (Å²) in [5.41, 5.74) is 0.800. The first-order valence-corrected chi connectivity index (χ1v) is 7.48. The highest BCUT2D eigenvalue weighted by atomic mass is 16.4. The van der Waals surface area contributed by atoms with Crippen molar-refractivity contribution in [2.75, 3.05) is 16.8 Å². The molecule has 1 saturated heterocycles. The standard InChI is InChI=1S/C16H21N3O4/c1-16(2,9-7-14(21)22)18-15(23)17-11-3-5-12(6-4-11)19-10-8-13(19)20/h3-6H,7-10H2,1-2H3,(H,21,22)(H2,17,18,23). The zero-order valence-electron chi connectivity index (χ0n) is 13.3. The molecule has 0 saturated carbocycles. The SMILES string of the molecule is CC(C)(CCC(=O)O)NC(=O)Nc1ccc(N2CCC2=O)cc1. The molecule has 1 fully saturated rings. The molecule has 0 aliphatic carbocycles. The molecule has 3 N–H and O–H groups in total. The lowest BCUT2D eigenvalue weighted by Crippen LogP contribution is -2.45. The van der Waals surface area contributed by atoms with Gasteiger partial charge in [-0.2, -0.15) is 0 Å². The van der Waals surface area contributed by atoms with E-state index in [1.165, 1.54) is 0 Å². The van der Waals surface area contributed by atoms with Crippen LogP contribution in [0, 0.1) is 0 Å². The van der Waals surface area contributed by atoms with Crippen molar-refractivity contribution in [1.29, 1.82) is 0 Å². The molecular formula is C16H21N3O4. The van der Waals surface area contributed by atoms with Crippen LogP contribution in [-0.4, -0.2) is 35.1 Å². The van der Waals surface area contributed by atoms with Gasteiger partial charge in [-0.15, -0.1) is 0 Å². The van der Waals surface area contributed by atoms with E-state index in [1.807, 2.05) is 0 Å². The minimum atomic E-state index is -0.892. The minimum absolute atomic E-state index is 0.00809. The van der Waals surface area contributed by atoms with Crippen LogP contribution < -0.4 is 15.5 Å². The van der Waals surface area contributed by atoms with E-state index >= 15 is 0 Å². The van der Waals surface area contributed by atoms with Crippen molar-refractivity contribution in [1.82, 2.24) is 5.32 Å². The quantitative estimate of drug-likeness (QED) is 0.700. The van der Waals surface area contributed by atoms with Crippen LogP contribution in [0.25, 0.3) is 0 Å². The molecule has 7 heteroatoms. The van der Waals surface area contributed by atoms with Gasteiger partial charge in [0.2, 0.25) is 5.91 Å². The van der Waals surface area contributed by atoms with Crippen molar-refractivity contribution < 1.29 is 19.5 Å². The number of nitrogens with one attached hydrogen (secondary N) is 2. The van der Waals surface area contributed by atoms with E-state index in [0.717, 1.165) is 12.2 Å². The molecule has 0 bridgehead atoms. The number of carboxylic acid groups (broad SMARTS) is 1. The molecule has 0 radical (unpaired) electrons. The predicted molar refractivity (Wildman–Crippen MR) is 86.5 cm³/mol. The van der Waals surface area contributed by atoms with Gasteiger partial charge >= 0.3 is 12.0 Å². The lowest BCUT2D eigenvalue weighted by molar-refractivity contribution is -0.137. The third-order valence-corrected chi connectivity index (χ3v) is 3.70. The van der Waals surface area contributed by atoms with Gasteiger partial charge in [-0.3, -0.25) is 9.59 Å². The Morgan fingerprint density at radius 2 is 1.91 bits per heavy atom. The Balaban J connectivity index is 1.87. The monoisotopic (exact) mass is 319 g/mol. The summed E-state index contributed by atoms with van der Waals surface area (Å²) in [6.45, 7) is 4.27. The highest BCUT2D eigenvalue weighted by Crippen LogP contribution is 2.23. The maximum Gasteiger partial charge on any atom is 0.319 e. The number of carbonyl (C=O) groups is 3. The summed E-state index contributed by atoms with van der Waals surface area (Å²) < 4.78 is 0. The fourth-order valence-electron chi connectivity index (χ4n) is 2.26. The fraction of sp³-hybridized carbons (Fsp3) is 0.438. The maximum absolute atomic E-state index is 12.0. The Morgan fingerprint density at radius 1 is 1.26 bits per heavy atom. The van der Waals surface area contributed by atoms with E-state index in [9.17, 15) is 14.4 Å². The maximum atomic E-state index is 12.0. The number of aliphatic carboxylic acids is 1. The number of benzene rings is 1. The average Bonchev–Trinajstić information content (AvgIpc) is 2.45. The van der Waals surface area contributed by atoms with Crippen molar-refractivity contribution >= 4 is 29.3 Å². The zero-order chi connectivity index (χ0) is 17.0. The Hall–Kier alpha value is -2.57. The Kier molecular flexibility index (Phi) is 4.88. The molecule has 23 heavy (non-hydrogen) atoms. The number of hydrogen-bond acceptors (Lipinski definition) is 3. The average molecular weight is 319 g/mol. The Morgan fingerprint density at radius 3 is 2.39 bits per heavy atom. The van der Waals surface area contributed by atoms with E-state index < -0.39 is 17.5 Å². The summed E-state index contributed by atoms with van der Waals surface area (Å²) in [6, 6.07) is 6.62. The molecule has 1 aliphatic rings. The number of urea groups is 1. The first kappa shape index (κ1) is 16.8. The van der Waals surface area contributed by atoms with Crippen molar-refractivity contribution in [2.45, 2.75) is 38.6 Å². The van der Waals surface area contributed by atoms with Gasteiger partial charge in [0.25, 0.3) is 0 Å². The topological polar surface area (TPSA) is 98.7 Å². The minimum Gasteiger partial charge on any atom is -0.481 e. The van der Waals surface area contributed by atoms with Crippen LogP contribution >= 0.6 is 0 Å². The van der Waals surface area contributed by atoms with Crippen molar-refractivity contribution in [3.63, 3.8) is 0 Å². The molecule has 124 valence electrons. The molecule has 7 nitrogen and oxygen atoms in total. The van der Waals surface area contributed by atoms with E-state index in [0.29, 0.717) is 18.5 Å². The molecule has 1 aromatic carbocycles. The van der Waals surface area contributed by atoms with E-state index in [1.54, 1.807) is 43.0 Å². The smallest absolute Gasteiger partial charge is 0.319 e. The van der Waals surface area contributed by atoms with E-state index in [2.05, 4.69) is 10.6 Å². The Bertz CT molecular complexity index is 610. The lowest BCUT2D eigenvalue weighted by atomic mass is 9.99. The summed E-state index contributed by atoms with van der Waals surface area (Å²) >= 11 is 0. The molecule has 0 aromatic heterocycles. The molecule has 0 atom stereocenters. The van der Waals surface area contributed by atoms with Crippen LogP contribution in [0.2, 0.25) is 0 Å². The number of carboxylic acids is 1. The van der Waals surface area contributed by atoms with Crippen molar-refractivity contribution in [3.8, 4) is 0 Å². The van der Waals surface area contributed by atoms with E-state index in [4.69, 9.17) is 5.11 Å². The van der Waals surface area contributed by atoms with Gasteiger partial charge in [0, 0.05) is 36.3 Å². The van der Waals surface area contributed by atoms with Gasteiger partial charge in [-0.25, -0.2) is 4.79 Å². The van der Waals surface area contributed by atoms with Gasteiger partial charge < -0.3 is 20.6 Å². The fourth-order valence-corrected chi connectivity index (χ4v) is 2.26. The Labute approximate surface area is 134 Å². The molecule has 1 aliphatic heterocycles. The van der Waals surface area contributed by atoms with Crippen LogP contribution in [0.5, 0.6) is 0 Å². The second kappa shape index (κ2) is 6.68. The molecule has 2 rings (SSSR count). The van der Waals surface area contributed by atoms with Gasteiger partial charge in [0.1, 0.15) is 0 Å².